The van der Waals surface area contributed by atoms with Gasteiger partial charge in [-0.05, 0) is 46.5 Å². The molecule has 1 N–H and O–H groups in total. The molecule has 0 aromatic heterocycles. The summed E-state index contributed by atoms with van der Waals surface area (Å²) < 4.78 is 14.0. The fraction of sp³-hybridized carbons (Fsp3) is 0.462. The highest BCUT2D eigenvalue weighted by Crippen LogP contribution is 2.30. The Bertz CT molecular complexity index is 488. The zero-order valence-electron chi connectivity index (χ0n) is 10.6. The highest BCUT2D eigenvalue weighted by atomic mass is 79.9. The summed E-state index contributed by atoms with van der Waals surface area (Å²) in [6.07, 6.45) is 0. The fourth-order valence-electron chi connectivity index (χ4n) is 1.70. The predicted octanol–water partition coefficient (Wildman–Crippen LogP) is 4.44. The summed E-state index contributed by atoms with van der Waals surface area (Å²) in [7, 11) is 0. The quantitative estimate of drug-likeness (QED) is 0.867. The van der Waals surface area contributed by atoms with Crippen molar-refractivity contribution < 1.29 is 4.39 Å². The van der Waals surface area contributed by atoms with E-state index in [4.69, 9.17) is 0 Å². The molecule has 98 valence electrons. The highest BCUT2D eigenvalue weighted by Gasteiger charge is 2.22. The van der Waals surface area contributed by atoms with Crippen molar-refractivity contribution in [3.8, 4) is 0 Å². The first-order valence-corrected chi connectivity index (χ1v) is 7.58. The summed E-state index contributed by atoms with van der Waals surface area (Å²) in [4.78, 5) is 4.46. The molecule has 5 heteroatoms. The van der Waals surface area contributed by atoms with E-state index >= 15 is 0 Å². The van der Waals surface area contributed by atoms with Crippen molar-refractivity contribution in [3.63, 3.8) is 0 Å². The minimum absolute atomic E-state index is 0.257. The molecular weight excluding hydrogens is 315 g/mol. The maximum atomic E-state index is 13.5. The first-order chi connectivity index (χ1) is 8.47. The van der Waals surface area contributed by atoms with Gasteiger partial charge in [0.25, 0.3) is 0 Å². The third-order valence-electron chi connectivity index (χ3n) is 2.93. The molecule has 1 aliphatic heterocycles. The van der Waals surface area contributed by atoms with Gasteiger partial charge in [0.2, 0.25) is 0 Å². The van der Waals surface area contributed by atoms with Gasteiger partial charge in [0, 0.05) is 10.9 Å². The molecule has 0 saturated carbocycles. The second-order valence-electron chi connectivity index (χ2n) is 4.75. The van der Waals surface area contributed by atoms with Crippen LogP contribution in [0.25, 0.3) is 0 Å². The number of amidine groups is 1. The molecule has 0 spiro atoms. The number of hydrogen-bond donors (Lipinski definition) is 1. The van der Waals surface area contributed by atoms with E-state index in [-0.39, 0.29) is 5.82 Å². The van der Waals surface area contributed by atoms with E-state index in [2.05, 4.69) is 40.1 Å². The molecule has 1 unspecified atom stereocenters. The van der Waals surface area contributed by atoms with E-state index in [1.165, 1.54) is 6.07 Å². The minimum Gasteiger partial charge on any atom is -0.335 e. The summed E-state index contributed by atoms with van der Waals surface area (Å²) in [6, 6.07) is 3.28. The number of nitrogens with zero attached hydrogens (tertiary/aromatic N) is 1. The van der Waals surface area contributed by atoms with Gasteiger partial charge in [-0.15, -0.1) is 0 Å². The van der Waals surface area contributed by atoms with E-state index in [0.717, 1.165) is 23.0 Å². The summed E-state index contributed by atoms with van der Waals surface area (Å²) in [5.41, 5.74) is 1.78. The van der Waals surface area contributed by atoms with E-state index in [0.29, 0.717) is 15.6 Å². The van der Waals surface area contributed by atoms with Crippen LogP contribution in [0.1, 0.15) is 19.4 Å². The Labute approximate surface area is 120 Å². The molecule has 0 amide bonds. The van der Waals surface area contributed by atoms with Crippen molar-refractivity contribution in [3.05, 3.63) is 28.0 Å². The van der Waals surface area contributed by atoms with Gasteiger partial charge >= 0.3 is 0 Å². The third-order valence-corrected chi connectivity index (χ3v) is 4.99. The van der Waals surface area contributed by atoms with Crippen molar-refractivity contribution in [1.29, 1.82) is 0 Å². The van der Waals surface area contributed by atoms with Gasteiger partial charge in [-0.3, -0.25) is 4.99 Å². The number of anilines is 1. The van der Waals surface area contributed by atoms with Crippen LogP contribution in [0, 0.1) is 18.7 Å². The zero-order chi connectivity index (χ0) is 13.3. The van der Waals surface area contributed by atoms with Gasteiger partial charge in [0.1, 0.15) is 5.82 Å². The van der Waals surface area contributed by atoms with Crippen molar-refractivity contribution in [2.24, 2.45) is 10.9 Å². The summed E-state index contributed by atoms with van der Waals surface area (Å²) in [5.74, 6) is 0.341. The topological polar surface area (TPSA) is 24.4 Å². The molecule has 18 heavy (non-hydrogen) atoms. The van der Waals surface area contributed by atoms with E-state index in [9.17, 15) is 4.39 Å². The molecule has 0 bridgehead atoms. The Hall–Kier alpha value is -0.550. The maximum Gasteiger partial charge on any atom is 0.161 e. The number of thioether (sulfide) groups is 1. The Morgan fingerprint density at radius 2 is 2.22 bits per heavy atom. The zero-order valence-corrected chi connectivity index (χ0v) is 13.0. The number of aryl methyl sites for hydroxylation is 1. The van der Waals surface area contributed by atoms with Gasteiger partial charge < -0.3 is 5.32 Å². The Balaban J connectivity index is 2.09. The van der Waals surface area contributed by atoms with Crippen LogP contribution in [0.3, 0.4) is 0 Å². The molecule has 0 radical (unpaired) electrons. The lowest BCUT2D eigenvalue weighted by molar-refractivity contribution is 0.621. The largest absolute Gasteiger partial charge is 0.335 e. The van der Waals surface area contributed by atoms with Crippen LogP contribution in [0.2, 0.25) is 0 Å². The Morgan fingerprint density at radius 1 is 1.50 bits per heavy atom. The predicted molar refractivity (Wildman–Crippen MR) is 81.0 cm³/mol. The average Bonchev–Trinajstić information content (AvgIpc) is 2.74. The maximum absolute atomic E-state index is 13.5. The molecule has 0 aliphatic carbocycles. The van der Waals surface area contributed by atoms with Crippen molar-refractivity contribution in [1.82, 2.24) is 0 Å². The lowest BCUT2D eigenvalue weighted by Gasteiger charge is -2.13. The summed E-state index contributed by atoms with van der Waals surface area (Å²) in [5, 5.41) is 4.62. The number of aliphatic imine (C=N–C) groups is 1. The third kappa shape index (κ3) is 3.06. The van der Waals surface area contributed by atoms with Gasteiger partial charge in [0.05, 0.1) is 11.0 Å². The molecule has 0 fully saturated rings. The van der Waals surface area contributed by atoms with Crippen LogP contribution in [0.5, 0.6) is 0 Å². The van der Waals surface area contributed by atoms with Crippen LogP contribution in [0.4, 0.5) is 10.1 Å². The number of halogens is 2. The van der Waals surface area contributed by atoms with E-state index in [1.54, 1.807) is 17.8 Å². The SMILES string of the molecule is Cc1cc(Br)c(F)cc1NC1=NCC(C(C)C)S1. The standard InChI is InChI=1S/C13H16BrFN2S/c1-7(2)12-6-16-13(18-12)17-11-5-10(15)9(14)4-8(11)3/h4-5,7,12H,6H2,1-3H3,(H,16,17). The van der Waals surface area contributed by atoms with E-state index in [1.807, 2.05) is 6.92 Å². The summed E-state index contributed by atoms with van der Waals surface area (Å²) in [6.45, 7) is 7.18. The molecule has 0 saturated heterocycles. The van der Waals surface area contributed by atoms with Crippen LogP contribution in [-0.2, 0) is 0 Å². The van der Waals surface area contributed by atoms with Crippen LogP contribution < -0.4 is 5.32 Å². The second kappa shape index (κ2) is 5.61. The lowest BCUT2D eigenvalue weighted by Crippen LogP contribution is -2.13. The van der Waals surface area contributed by atoms with E-state index < -0.39 is 0 Å². The van der Waals surface area contributed by atoms with Gasteiger partial charge in [0.15, 0.2) is 5.17 Å². The normalized spacial score (nSPS) is 19.2. The van der Waals surface area contributed by atoms with Crippen LogP contribution in [-0.4, -0.2) is 17.0 Å². The molecule has 2 nitrogen and oxygen atoms in total. The van der Waals surface area contributed by atoms with Gasteiger partial charge in [-0.25, -0.2) is 4.39 Å². The lowest BCUT2D eigenvalue weighted by atomic mass is 10.1. The number of nitrogens with one attached hydrogen (secondary N) is 1. The smallest absolute Gasteiger partial charge is 0.161 e. The second-order valence-corrected chi connectivity index (χ2v) is 6.83. The van der Waals surface area contributed by atoms with Gasteiger partial charge in [-0.2, -0.15) is 0 Å². The molecule has 1 aliphatic rings. The van der Waals surface area contributed by atoms with Crippen LogP contribution >= 0.6 is 27.7 Å². The molecule has 2 rings (SSSR count). The number of hydrogen-bond acceptors (Lipinski definition) is 3. The monoisotopic (exact) mass is 330 g/mol. The van der Waals surface area contributed by atoms with Gasteiger partial charge in [-0.1, -0.05) is 25.6 Å². The molecule has 1 aromatic rings. The molecule has 1 heterocycles. The minimum atomic E-state index is -0.257. The first-order valence-electron chi connectivity index (χ1n) is 5.91. The molecule has 1 aromatic carbocycles. The van der Waals surface area contributed by atoms with Crippen molar-refractivity contribution in [2.75, 3.05) is 11.9 Å². The average molecular weight is 331 g/mol. The fourth-order valence-corrected chi connectivity index (χ4v) is 3.19. The Kier molecular flexibility index (Phi) is 4.33. The Morgan fingerprint density at radius 3 is 2.83 bits per heavy atom. The molecular formula is C13H16BrFN2S. The van der Waals surface area contributed by atoms with Crippen LogP contribution in [0.15, 0.2) is 21.6 Å². The van der Waals surface area contributed by atoms with Crippen molar-refractivity contribution in [2.45, 2.75) is 26.0 Å². The number of benzene rings is 1. The number of rotatable bonds is 2. The molecule has 1 atom stereocenters. The highest BCUT2D eigenvalue weighted by molar-refractivity contribution is 9.10. The first kappa shape index (κ1) is 13.9. The van der Waals surface area contributed by atoms with Crippen molar-refractivity contribution >= 4 is 38.5 Å². The summed E-state index contributed by atoms with van der Waals surface area (Å²) >= 11 is 4.92.